The summed E-state index contributed by atoms with van der Waals surface area (Å²) < 4.78 is 31.5. The number of hydrogen-bond acceptors (Lipinski definition) is 4. The first kappa shape index (κ1) is 26.7. The van der Waals surface area contributed by atoms with E-state index in [0.717, 1.165) is 19.3 Å². The van der Waals surface area contributed by atoms with E-state index in [-0.39, 0.29) is 57.8 Å². The molecule has 0 saturated carbocycles. The van der Waals surface area contributed by atoms with E-state index in [9.17, 15) is 13.0 Å². The molecule has 0 rings (SSSR count). The van der Waals surface area contributed by atoms with Gasteiger partial charge in [0, 0.05) is 0 Å². The molecule has 0 spiro atoms. The van der Waals surface area contributed by atoms with Gasteiger partial charge >= 0.3 is 51.4 Å². The SMILES string of the molecule is CCCCCCCCCCCCCCCCC(O)S(=O)(=O)[O-].[K+]. The van der Waals surface area contributed by atoms with Crippen LogP contribution in [-0.2, 0) is 10.1 Å². The molecule has 6 heteroatoms. The van der Waals surface area contributed by atoms with Gasteiger partial charge in [-0.05, 0) is 12.8 Å². The van der Waals surface area contributed by atoms with Crippen LogP contribution in [0.15, 0.2) is 0 Å². The van der Waals surface area contributed by atoms with Gasteiger partial charge < -0.3 is 9.66 Å². The van der Waals surface area contributed by atoms with Crippen molar-refractivity contribution in [2.75, 3.05) is 0 Å². The van der Waals surface area contributed by atoms with E-state index in [1.807, 2.05) is 0 Å². The standard InChI is InChI=1S/C17H36O4S.K/c1-2-3-4-5-6-7-8-9-10-11-12-13-14-15-16-17(18)22(19,20)21;/h17-18H,2-16H2,1H3,(H,19,20,21);/q;+1/p-1. The largest absolute Gasteiger partial charge is 1.00 e. The van der Waals surface area contributed by atoms with Crippen LogP contribution in [0.25, 0.3) is 0 Å². The Morgan fingerprint density at radius 1 is 0.739 bits per heavy atom. The van der Waals surface area contributed by atoms with Gasteiger partial charge in [0.2, 0.25) is 0 Å². The van der Waals surface area contributed by atoms with Crippen LogP contribution in [0.3, 0.4) is 0 Å². The fraction of sp³-hybridized carbons (Fsp3) is 1.00. The molecular weight excluding hydrogens is 339 g/mol. The predicted molar refractivity (Wildman–Crippen MR) is 90.6 cm³/mol. The molecule has 0 aromatic carbocycles. The molecule has 1 unspecified atom stereocenters. The summed E-state index contributed by atoms with van der Waals surface area (Å²) in [5.41, 5.74) is -1.72. The summed E-state index contributed by atoms with van der Waals surface area (Å²) in [7, 11) is -4.52. The molecule has 1 atom stereocenters. The first-order valence-electron chi connectivity index (χ1n) is 9.11. The molecule has 0 aliphatic heterocycles. The van der Waals surface area contributed by atoms with Gasteiger partial charge in [-0.15, -0.1) is 0 Å². The second-order valence-corrected chi connectivity index (χ2v) is 7.86. The fourth-order valence-corrected chi connectivity index (χ4v) is 3.11. The second-order valence-electron chi connectivity index (χ2n) is 6.33. The van der Waals surface area contributed by atoms with Gasteiger partial charge in [0.15, 0.2) is 0 Å². The quantitative estimate of drug-likeness (QED) is 0.253. The molecule has 0 heterocycles. The maximum absolute atomic E-state index is 10.5. The molecule has 0 amide bonds. The zero-order valence-electron chi connectivity index (χ0n) is 15.3. The molecule has 0 aromatic rings. The zero-order valence-corrected chi connectivity index (χ0v) is 19.2. The van der Waals surface area contributed by atoms with Crippen LogP contribution in [0, 0.1) is 0 Å². The molecule has 1 N–H and O–H groups in total. The molecule has 0 saturated heterocycles. The maximum Gasteiger partial charge on any atom is 1.00 e. The average molecular weight is 375 g/mol. The van der Waals surface area contributed by atoms with E-state index in [2.05, 4.69) is 6.92 Å². The van der Waals surface area contributed by atoms with E-state index in [4.69, 9.17) is 5.11 Å². The zero-order chi connectivity index (χ0) is 16.7. The second kappa shape index (κ2) is 18.3. The topological polar surface area (TPSA) is 77.4 Å². The van der Waals surface area contributed by atoms with E-state index >= 15 is 0 Å². The Bertz CT molecular complexity index is 333. The Hall–Kier alpha value is 1.51. The molecular formula is C17H35KO4S. The minimum absolute atomic E-state index is 0. The Morgan fingerprint density at radius 2 is 1.04 bits per heavy atom. The van der Waals surface area contributed by atoms with Crippen LogP contribution in [0.4, 0.5) is 0 Å². The Balaban J connectivity index is 0. The predicted octanol–water partition coefficient (Wildman–Crippen LogP) is 1.73. The van der Waals surface area contributed by atoms with E-state index in [1.54, 1.807) is 0 Å². The molecule has 23 heavy (non-hydrogen) atoms. The Labute approximate surface area is 186 Å². The fourth-order valence-electron chi connectivity index (χ4n) is 2.66. The first-order chi connectivity index (χ1) is 10.5. The Kier molecular flexibility index (Phi) is 21.3. The summed E-state index contributed by atoms with van der Waals surface area (Å²) in [6.45, 7) is 2.24. The van der Waals surface area contributed by atoms with Gasteiger partial charge in [-0.1, -0.05) is 90.4 Å². The van der Waals surface area contributed by atoms with Gasteiger partial charge in [0.25, 0.3) is 0 Å². The minimum Gasteiger partial charge on any atom is -0.746 e. The summed E-state index contributed by atoms with van der Waals surface area (Å²) in [4.78, 5) is 0. The molecule has 0 radical (unpaired) electrons. The third kappa shape index (κ3) is 19.7. The molecule has 0 aliphatic rings. The average Bonchev–Trinajstić information content (AvgIpc) is 2.46. The van der Waals surface area contributed by atoms with Crippen LogP contribution in [0.5, 0.6) is 0 Å². The van der Waals surface area contributed by atoms with Crippen molar-refractivity contribution in [2.24, 2.45) is 0 Å². The monoisotopic (exact) mass is 374 g/mol. The van der Waals surface area contributed by atoms with Crippen LogP contribution < -0.4 is 51.4 Å². The third-order valence-corrected chi connectivity index (χ3v) is 5.04. The van der Waals surface area contributed by atoms with Crippen molar-refractivity contribution >= 4 is 10.1 Å². The molecule has 0 bridgehead atoms. The van der Waals surface area contributed by atoms with Crippen molar-refractivity contribution in [1.82, 2.24) is 0 Å². The third-order valence-electron chi connectivity index (χ3n) is 4.14. The number of unbranched alkanes of at least 4 members (excludes halogenated alkanes) is 13. The van der Waals surface area contributed by atoms with E-state index in [1.165, 1.54) is 64.2 Å². The summed E-state index contributed by atoms with van der Waals surface area (Å²) in [6.07, 6.45) is 17.2. The molecule has 0 aromatic heterocycles. The smallest absolute Gasteiger partial charge is 0.746 e. The van der Waals surface area contributed by atoms with E-state index < -0.39 is 15.6 Å². The first-order valence-corrected chi connectivity index (χ1v) is 10.6. The maximum atomic E-state index is 10.5. The van der Waals surface area contributed by atoms with Crippen LogP contribution in [0.2, 0.25) is 0 Å². The van der Waals surface area contributed by atoms with Crippen molar-refractivity contribution < 1.29 is 69.5 Å². The van der Waals surface area contributed by atoms with Crippen LogP contribution >= 0.6 is 0 Å². The summed E-state index contributed by atoms with van der Waals surface area (Å²) >= 11 is 0. The van der Waals surface area contributed by atoms with Gasteiger partial charge in [-0.3, -0.25) is 0 Å². The molecule has 134 valence electrons. The van der Waals surface area contributed by atoms with Crippen molar-refractivity contribution in [3.05, 3.63) is 0 Å². The number of aliphatic hydroxyl groups is 1. The number of aliphatic hydroxyl groups excluding tert-OH is 1. The summed E-state index contributed by atoms with van der Waals surface area (Å²) in [5, 5.41) is 9.08. The Morgan fingerprint density at radius 3 is 1.35 bits per heavy atom. The van der Waals surface area contributed by atoms with Gasteiger partial charge in [-0.2, -0.15) is 0 Å². The number of rotatable bonds is 16. The van der Waals surface area contributed by atoms with Crippen molar-refractivity contribution in [3.63, 3.8) is 0 Å². The number of hydrogen-bond donors (Lipinski definition) is 1. The molecule has 0 fully saturated rings. The van der Waals surface area contributed by atoms with Gasteiger partial charge in [0.05, 0.1) is 0 Å². The van der Waals surface area contributed by atoms with Crippen molar-refractivity contribution in [2.45, 2.75) is 109 Å². The van der Waals surface area contributed by atoms with Gasteiger partial charge in [-0.25, -0.2) is 8.42 Å². The summed E-state index contributed by atoms with van der Waals surface area (Å²) in [6, 6.07) is 0. The molecule has 4 nitrogen and oxygen atoms in total. The normalized spacial score (nSPS) is 12.8. The van der Waals surface area contributed by atoms with E-state index in [0.29, 0.717) is 6.42 Å². The molecule has 0 aliphatic carbocycles. The van der Waals surface area contributed by atoms with Crippen molar-refractivity contribution in [1.29, 1.82) is 0 Å². The van der Waals surface area contributed by atoms with Crippen LogP contribution in [-0.4, -0.2) is 23.5 Å². The summed E-state index contributed by atoms with van der Waals surface area (Å²) in [5.74, 6) is 0. The van der Waals surface area contributed by atoms with Crippen molar-refractivity contribution in [3.8, 4) is 0 Å². The minimum atomic E-state index is -4.52. The van der Waals surface area contributed by atoms with Crippen LogP contribution in [0.1, 0.15) is 103 Å². The van der Waals surface area contributed by atoms with Gasteiger partial charge in [0.1, 0.15) is 15.6 Å².